The van der Waals surface area contributed by atoms with Crippen LogP contribution in [0.5, 0.6) is 0 Å². The van der Waals surface area contributed by atoms with Gasteiger partial charge >= 0.3 is 0 Å². The monoisotopic (exact) mass is 367 g/mol. The number of carbonyl (C=O) groups is 1. The highest BCUT2D eigenvalue weighted by Gasteiger charge is 2.32. The molecule has 0 aromatic heterocycles. The molecular weight excluding hydrogens is 334 g/mol. The minimum absolute atomic E-state index is 0.251. The number of carbonyl (C=O) groups excluding carboxylic acids is 1. The van der Waals surface area contributed by atoms with E-state index in [2.05, 4.69) is 32.9 Å². The number of hydrogen-bond donors (Lipinski definition) is 0. The van der Waals surface area contributed by atoms with Crippen molar-refractivity contribution < 1.29 is 4.79 Å². The first-order chi connectivity index (χ1) is 13.3. The van der Waals surface area contributed by atoms with E-state index in [-0.39, 0.29) is 5.91 Å². The van der Waals surface area contributed by atoms with Crippen LogP contribution in [0.15, 0.2) is 18.2 Å². The van der Waals surface area contributed by atoms with Crippen LogP contribution < -0.4 is 0 Å². The first-order valence-electron chi connectivity index (χ1n) is 11.2. The Labute approximate surface area is 163 Å². The van der Waals surface area contributed by atoms with Gasteiger partial charge in [0.25, 0.3) is 5.91 Å². The zero-order valence-corrected chi connectivity index (χ0v) is 16.5. The summed E-state index contributed by atoms with van der Waals surface area (Å²) in [6, 6.07) is 7.92. The molecule has 3 aliphatic heterocycles. The molecule has 5 rings (SSSR count). The molecule has 1 aromatic rings. The molecule has 1 aliphatic carbocycles. The van der Waals surface area contributed by atoms with Crippen LogP contribution in [-0.4, -0.2) is 65.4 Å². The lowest BCUT2D eigenvalue weighted by Gasteiger charge is -2.44. The molecule has 4 aliphatic rings. The molecule has 4 nitrogen and oxygen atoms in total. The second kappa shape index (κ2) is 7.56. The number of rotatable bonds is 2. The van der Waals surface area contributed by atoms with Gasteiger partial charge in [0, 0.05) is 50.4 Å². The number of piperidine rings is 1. The van der Waals surface area contributed by atoms with Crippen LogP contribution in [0.25, 0.3) is 0 Å². The number of piperazine rings is 1. The average Bonchev–Trinajstić information content (AvgIpc) is 3.27. The summed E-state index contributed by atoms with van der Waals surface area (Å²) in [6.45, 7) is 6.33. The second-order valence-corrected chi connectivity index (χ2v) is 9.08. The summed E-state index contributed by atoms with van der Waals surface area (Å²) in [6.07, 6.45) is 10.5. The van der Waals surface area contributed by atoms with E-state index in [1.807, 2.05) is 0 Å². The molecule has 3 fully saturated rings. The molecule has 1 saturated carbocycles. The number of benzene rings is 1. The molecule has 146 valence electrons. The van der Waals surface area contributed by atoms with Crippen LogP contribution >= 0.6 is 0 Å². The topological polar surface area (TPSA) is 26.8 Å². The highest BCUT2D eigenvalue weighted by atomic mass is 16.2. The van der Waals surface area contributed by atoms with Crippen molar-refractivity contribution in [2.24, 2.45) is 0 Å². The van der Waals surface area contributed by atoms with E-state index in [0.717, 1.165) is 50.7 Å². The fraction of sp³-hybridized carbons (Fsp3) is 0.696. The third-order valence-electron chi connectivity index (χ3n) is 7.46. The summed E-state index contributed by atoms with van der Waals surface area (Å²) in [4.78, 5) is 20.5. The normalized spacial score (nSPS) is 27.4. The smallest absolute Gasteiger partial charge is 0.253 e. The third kappa shape index (κ3) is 3.54. The Kier molecular flexibility index (Phi) is 4.95. The SMILES string of the molecule is O=C(c1ccc2c(c1)CCN(C1CCCC1)C2)N1CCN2CCCCC2C1. The zero-order valence-electron chi connectivity index (χ0n) is 16.5. The number of nitrogens with zero attached hydrogens (tertiary/aromatic N) is 3. The molecule has 1 atom stereocenters. The Bertz CT molecular complexity index is 697. The first-order valence-corrected chi connectivity index (χ1v) is 11.2. The van der Waals surface area contributed by atoms with Gasteiger partial charge in [0.2, 0.25) is 0 Å². The standard InChI is InChI=1S/C23H33N3O/c27-23(26-14-13-24-11-4-3-7-22(24)17-26)19-8-9-20-16-25(12-10-18(20)15-19)21-5-1-2-6-21/h8-9,15,21-22H,1-7,10-14,16-17H2. The van der Waals surface area contributed by atoms with Gasteiger partial charge in [-0.3, -0.25) is 14.6 Å². The summed E-state index contributed by atoms with van der Waals surface area (Å²) in [5.74, 6) is 0.251. The first kappa shape index (κ1) is 17.7. The summed E-state index contributed by atoms with van der Waals surface area (Å²) >= 11 is 0. The van der Waals surface area contributed by atoms with Gasteiger partial charge in [-0.05, 0) is 61.9 Å². The molecule has 0 radical (unpaired) electrons. The maximum absolute atomic E-state index is 13.1. The van der Waals surface area contributed by atoms with E-state index < -0.39 is 0 Å². The Morgan fingerprint density at radius 3 is 2.52 bits per heavy atom. The van der Waals surface area contributed by atoms with E-state index in [1.54, 1.807) is 0 Å². The van der Waals surface area contributed by atoms with Crippen LogP contribution in [0, 0.1) is 0 Å². The molecule has 3 heterocycles. The molecule has 0 N–H and O–H groups in total. The van der Waals surface area contributed by atoms with Gasteiger partial charge in [0.1, 0.15) is 0 Å². The van der Waals surface area contributed by atoms with Gasteiger partial charge in [-0.1, -0.05) is 25.3 Å². The van der Waals surface area contributed by atoms with E-state index >= 15 is 0 Å². The van der Waals surface area contributed by atoms with Gasteiger partial charge in [-0.25, -0.2) is 0 Å². The van der Waals surface area contributed by atoms with Crippen molar-refractivity contribution in [1.29, 1.82) is 0 Å². The average molecular weight is 368 g/mol. The van der Waals surface area contributed by atoms with E-state index in [0.29, 0.717) is 6.04 Å². The van der Waals surface area contributed by atoms with E-state index in [4.69, 9.17) is 0 Å². The Hall–Kier alpha value is -1.39. The van der Waals surface area contributed by atoms with Gasteiger partial charge in [0.15, 0.2) is 0 Å². The highest BCUT2D eigenvalue weighted by Crippen LogP contribution is 2.29. The fourth-order valence-corrected chi connectivity index (χ4v) is 5.81. The van der Waals surface area contributed by atoms with Gasteiger partial charge in [-0.2, -0.15) is 0 Å². The van der Waals surface area contributed by atoms with Crippen molar-refractivity contribution in [3.8, 4) is 0 Å². The lowest BCUT2D eigenvalue weighted by Crippen LogP contribution is -2.56. The number of amides is 1. The van der Waals surface area contributed by atoms with Crippen molar-refractivity contribution in [1.82, 2.24) is 14.7 Å². The maximum atomic E-state index is 13.1. The molecule has 2 saturated heterocycles. The summed E-state index contributed by atoms with van der Waals surface area (Å²) in [5, 5.41) is 0. The highest BCUT2D eigenvalue weighted by molar-refractivity contribution is 5.94. The van der Waals surface area contributed by atoms with Crippen molar-refractivity contribution in [3.63, 3.8) is 0 Å². The minimum Gasteiger partial charge on any atom is -0.336 e. The molecule has 1 unspecified atom stereocenters. The Balaban J connectivity index is 1.27. The van der Waals surface area contributed by atoms with Crippen LogP contribution in [0.1, 0.15) is 66.4 Å². The predicted molar refractivity (Wildman–Crippen MR) is 108 cm³/mol. The van der Waals surface area contributed by atoms with E-state index in [1.165, 1.54) is 62.6 Å². The van der Waals surface area contributed by atoms with Crippen molar-refractivity contribution in [2.45, 2.75) is 70.0 Å². The van der Waals surface area contributed by atoms with Crippen molar-refractivity contribution in [2.75, 3.05) is 32.7 Å². The minimum atomic E-state index is 0.251. The summed E-state index contributed by atoms with van der Waals surface area (Å²) in [7, 11) is 0. The summed E-state index contributed by atoms with van der Waals surface area (Å²) < 4.78 is 0. The van der Waals surface area contributed by atoms with Crippen molar-refractivity contribution >= 4 is 5.91 Å². The molecular formula is C23H33N3O. The van der Waals surface area contributed by atoms with Crippen LogP contribution in [0.3, 0.4) is 0 Å². The largest absolute Gasteiger partial charge is 0.336 e. The van der Waals surface area contributed by atoms with Crippen molar-refractivity contribution in [3.05, 3.63) is 34.9 Å². The lowest BCUT2D eigenvalue weighted by atomic mass is 9.95. The molecule has 0 bridgehead atoms. The molecule has 27 heavy (non-hydrogen) atoms. The van der Waals surface area contributed by atoms with Gasteiger partial charge < -0.3 is 4.90 Å². The summed E-state index contributed by atoms with van der Waals surface area (Å²) in [5.41, 5.74) is 3.76. The molecule has 4 heteroatoms. The second-order valence-electron chi connectivity index (χ2n) is 9.08. The molecule has 1 aromatic carbocycles. The van der Waals surface area contributed by atoms with E-state index in [9.17, 15) is 4.79 Å². The quantitative estimate of drug-likeness (QED) is 0.802. The Morgan fingerprint density at radius 2 is 1.63 bits per heavy atom. The molecule has 1 amide bonds. The van der Waals surface area contributed by atoms with Crippen LogP contribution in [0.4, 0.5) is 0 Å². The lowest BCUT2D eigenvalue weighted by molar-refractivity contribution is 0.0372. The Morgan fingerprint density at radius 1 is 0.815 bits per heavy atom. The van der Waals surface area contributed by atoms with Gasteiger partial charge in [0.05, 0.1) is 0 Å². The van der Waals surface area contributed by atoms with Crippen LogP contribution in [-0.2, 0) is 13.0 Å². The number of hydrogen-bond acceptors (Lipinski definition) is 3. The number of fused-ring (bicyclic) bond motifs is 2. The molecule has 0 spiro atoms. The predicted octanol–water partition coefficient (Wildman–Crippen LogP) is 3.30. The zero-order chi connectivity index (χ0) is 18.2. The maximum Gasteiger partial charge on any atom is 0.253 e. The van der Waals surface area contributed by atoms with Gasteiger partial charge in [-0.15, -0.1) is 0 Å². The van der Waals surface area contributed by atoms with Crippen LogP contribution in [0.2, 0.25) is 0 Å². The third-order valence-corrected chi connectivity index (χ3v) is 7.46. The fourth-order valence-electron chi connectivity index (χ4n) is 5.81.